The van der Waals surface area contributed by atoms with Gasteiger partial charge in [-0.3, -0.25) is 0 Å². The molecule has 0 amide bonds. The van der Waals surface area contributed by atoms with Crippen molar-refractivity contribution in [1.82, 2.24) is 4.98 Å². The van der Waals surface area contributed by atoms with E-state index in [4.69, 9.17) is 5.11 Å². The summed E-state index contributed by atoms with van der Waals surface area (Å²) in [6.07, 6.45) is 5.16. The lowest BCUT2D eigenvalue weighted by molar-refractivity contribution is 0.0697. The van der Waals surface area contributed by atoms with Gasteiger partial charge in [-0.1, -0.05) is 13.3 Å². The highest BCUT2D eigenvalue weighted by atomic mass is 16.4. The number of carboxylic acid groups (broad SMARTS) is 1. The second kappa shape index (κ2) is 4.73. The van der Waals surface area contributed by atoms with Gasteiger partial charge in [0, 0.05) is 12.2 Å². The Balaban J connectivity index is 2.11. The third kappa shape index (κ3) is 2.57. The predicted molar refractivity (Wildman–Crippen MR) is 66.4 cm³/mol. The van der Waals surface area contributed by atoms with Crippen molar-refractivity contribution in [3.8, 4) is 0 Å². The molecule has 0 spiro atoms. The SMILES string of the molecule is CCCC1CC1Nc1nccc(C)c1C(=O)O. The maximum atomic E-state index is 11.2. The van der Waals surface area contributed by atoms with Crippen LogP contribution in [0.5, 0.6) is 0 Å². The fraction of sp³-hybridized carbons (Fsp3) is 0.538. The van der Waals surface area contributed by atoms with Crippen LogP contribution in [0.3, 0.4) is 0 Å². The molecule has 0 radical (unpaired) electrons. The number of carbonyl (C=O) groups is 1. The second-order valence-corrected chi connectivity index (χ2v) is 4.69. The molecule has 0 aromatic carbocycles. The van der Waals surface area contributed by atoms with Crippen LogP contribution in [-0.2, 0) is 0 Å². The maximum Gasteiger partial charge on any atom is 0.339 e. The fourth-order valence-corrected chi connectivity index (χ4v) is 2.23. The van der Waals surface area contributed by atoms with Crippen molar-refractivity contribution in [3.63, 3.8) is 0 Å². The zero-order valence-corrected chi connectivity index (χ0v) is 10.2. The van der Waals surface area contributed by atoms with Gasteiger partial charge in [0.2, 0.25) is 0 Å². The van der Waals surface area contributed by atoms with Crippen molar-refractivity contribution >= 4 is 11.8 Å². The largest absolute Gasteiger partial charge is 0.478 e. The number of pyridine rings is 1. The Hall–Kier alpha value is -1.58. The Morgan fingerprint density at radius 1 is 1.65 bits per heavy atom. The van der Waals surface area contributed by atoms with Crippen LogP contribution in [0, 0.1) is 12.8 Å². The monoisotopic (exact) mass is 234 g/mol. The highest BCUT2D eigenvalue weighted by Gasteiger charge is 2.36. The number of aryl methyl sites for hydroxylation is 1. The van der Waals surface area contributed by atoms with Gasteiger partial charge in [0.15, 0.2) is 0 Å². The number of rotatable bonds is 5. The van der Waals surface area contributed by atoms with Gasteiger partial charge in [-0.25, -0.2) is 9.78 Å². The van der Waals surface area contributed by atoms with E-state index >= 15 is 0 Å². The summed E-state index contributed by atoms with van der Waals surface area (Å²) in [5, 5.41) is 12.4. The molecule has 92 valence electrons. The van der Waals surface area contributed by atoms with E-state index in [1.807, 2.05) is 0 Å². The summed E-state index contributed by atoms with van der Waals surface area (Å²) in [5.41, 5.74) is 1.05. The van der Waals surface area contributed by atoms with Crippen LogP contribution in [0.25, 0.3) is 0 Å². The first-order valence-corrected chi connectivity index (χ1v) is 6.09. The van der Waals surface area contributed by atoms with Crippen molar-refractivity contribution in [1.29, 1.82) is 0 Å². The molecule has 4 heteroatoms. The van der Waals surface area contributed by atoms with Crippen LogP contribution in [0.2, 0.25) is 0 Å². The van der Waals surface area contributed by atoms with Crippen LogP contribution in [-0.4, -0.2) is 22.1 Å². The van der Waals surface area contributed by atoms with Gasteiger partial charge < -0.3 is 10.4 Å². The molecule has 2 rings (SSSR count). The highest BCUT2D eigenvalue weighted by molar-refractivity contribution is 5.94. The van der Waals surface area contributed by atoms with Crippen LogP contribution < -0.4 is 5.32 Å². The number of hydrogen-bond donors (Lipinski definition) is 2. The first-order chi connectivity index (χ1) is 8.13. The maximum absolute atomic E-state index is 11.2. The molecule has 2 atom stereocenters. The van der Waals surface area contributed by atoms with E-state index in [2.05, 4.69) is 17.2 Å². The number of nitrogens with one attached hydrogen (secondary N) is 1. The van der Waals surface area contributed by atoms with E-state index in [1.54, 1.807) is 19.2 Å². The van der Waals surface area contributed by atoms with Crippen LogP contribution >= 0.6 is 0 Å². The van der Waals surface area contributed by atoms with Crippen LogP contribution in [0.4, 0.5) is 5.82 Å². The Kier molecular flexibility index (Phi) is 3.31. The van der Waals surface area contributed by atoms with Gasteiger partial charge in [0.1, 0.15) is 11.4 Å². The van der Waals surface area contributed by atoms with Gasteiger partial charge in [-0.2, -0.15) is 0 Å². The smallest absolute Gasteiger partial charge is 0.339 e. The van der Waals surface area contributed by atoms with E-state index in [1.165, 1.54) is 12.8 Å². The molecule has 1 aromatic heterocycles. The van der Waals surface area contributed by atoms with E-state index in [0.717, 1.165) is 12.0 Å². The van der Waals surface area contributed by atoms with Gasteiger partial charge in [-0.05, 0) is 37.3 Å². The summed E-state index contributed by atoms with van der Waals surface area (Å²) in [4.78, 5) is 15.3. The third-order valence-electron chi connectivity index (χ3n) is 3.28. The summed E-state index contributed by atoms with van der Waals surface area (Å²) in [6, 6.07) is 2.13. The number of aromatic carboxylic acids is 1. The highest BCUT2D eigenvalue weighted by Crippen LogP contribution is 2.37. The lowest BCUT2D eigenvalue weighted by Crippen LogP contribution is -2.12. The first kappa shape index (κ1) is 11.9. The zero-order chi connectivity index (χ0) is 12.4. The molecule has 1 aliphatic rings. The molecule has 1 heterocycles. The molecule has 1 aliphatic carbocycles. The summed E-state index contributed by atoms with van der Waals surface area (Å²) >= 11 is 0. The molecule has 17 heavy (non-hydrogen) atoms. The summed E-state index contributed by atoms with van der Waals surface area (Å²) < 4.78 is 0. The van der Waals surface area contributed by atoms with Crippen molar-refractivity contribution in [2.24, 2.45) is 5.92 Å². The van der Waals surface area contributed by atoms with E-state index < -0.39 is 5.97 Å². The average molecular weight is 234 g/mol. The predicted octanol–water partition coefficient (Wildman–Crippen LogP) is 2.69. The Morgan fingerprint density at radius 2 is 2.41 bits per heavy atom. The van der Waals surface area contributed by atoms with E-state index in [0.29, 0.717) is 23.3 Å². The Labute approximate surface area is 101 Å². The summed E-state index contributed by atoms with van der Waals surface area (Å²) in [6.45, 7) is 3.97. The lowest BCUT2D eigenvalue weighted by atomic mass is 10.1. The Morgan fingerprint density at radius 3 is 3.06 bits per heavy atom. The fourth-order valence-electron chi connectivity index (χ4n) is 2.23. The van der Waals surface area contributed by atoms with Gasteiger partial charge in [0.05, 0.1) is 0 Å². The zero-order valence-electron chi connectivity index (χ0n) is 10.2. The standard InChI is InChI=1S/C13H18N2O2/c1-3-4-9-7-10(9)15-12-11(13(16)17)8(2)5-6-14-12/h5-6,9-10H,3-4,7H2,1-2H3,(H,14,15)(H,16,17). The molecule has 1 saturated carbocycles. The first-order valence-electron chi connectivity index (χ1n) is 6.09. The van der Waals surface area contributed by atoms with E-state index in [-0.39, 0.29) is 0 Å². The van der Waals surface area contributed by atoms with Crippen molar-refractivity contribution in [2.45, 2.75) is 39.2 Å². The molecule has 4 nitrogen and oxygen atoms in total. The average Bonchev–Trinajstić information content (AvgIpc) is 2.96. The molecule has 0 saturated heterocycles. The number of aromatic nitrogens is 1. The van der Waals surface area contributed by atoms with Gasteiger partial charge in [-0.15, -0.1) is 0 Å². The minimum atomic E-state index is -0.911. The molecule has 2 N–H and O–H groups in total. The van der Waals surface area contributed by atoms with Crippen molar-refractivity contribution < 1.29 is 9.90 Å². The normalized spacial score (nSPS) is 22.2. The summed E-state index contributed by atoms with van der Waals surface area (Å²) in [7, 11) is 0. The summed E-state index contributed by atoms with van der Waals surface area (Å²) in [5.74, 6) is 0.288. The topological polar surface area (TPSA) is 62.2 Å². The molecular weight excluding hydrogens is 216 g/mol. The lowest BCUT2D eigenvalue weighted by Gasteiger charge is -2.10. The minimum absolute atomic E-state index is 0.301. The van der Waals surface area contributed by atoms with E-state index in [9.17, 15) is 4.79 Å². The molecular formula is C13H18N2O2. The molecule has 1 fully saturated rings. The third-order valence-corrected chi connectivity index (χ3v) is 3.28. The number of carboxylic acids is 1. The van der Waals surface area contributed by atoms with Gasteiger partial charge in [0.25, 0.3) is 0 Å². The van der Waals surface area contributed by atoms with Crippen molar-refractivity contribution in [3.05, 3.63) is 23.4 Å². The van der Waals surface area contributed by atoms with Crippen LogP contribution in [0.15, 0.2) is 12.3 Å². The van der Waals surface area contributed by atoms with Crippen LogP contribution in [0.1, 0.15) is 42.1 Å². The molecule has 0 bridgehead atoms. The molecule has 2 unspecified atom stereocenters. The quantitative estimate of drug-likeness (QED) is 0.822. The number of nitrogens with zero attached hydrogens (tertiary/aromatic N) is 1. The minimum Gasteiger partial charge on any atom is -0.478 e. The second-order valence-electron chi connectivity index (χ2n) is 4.69. The number of hydrogen-bond acceptors (Lipinski definition) is 3. The van der Waals surface area contributed by atoms with Crippen molar-refractivity contribution in [2.75, 3.05) is 5.32 Å². The molecule has 0 aliphatic heterocycles. The molecule has 1 aromatic rings. The number of anilines is 1. The Bertz CT molecular complexity index is 431. The van der Waals surface area contributed by atoms with Gasteiger partial charge >= 0.3 is 5.97 Å².